The maximum atomic E-state index is 12.7. The molecule has 1 aliphatic heterocycles. The lowest BCUT2D eigenvalue weighted by Crippen LogP contribution is -2.35. The number of pyridine rings is 2. The number of nitrogens with one attached hydrogen (secondary N) is 1. The molecular formula is C17H13F6N3O2. The van der Waals surface area contributed by atoms with Crippen LogP contribution in [0.3, 0.4) is 0 Å². The number of hydrogen-bond acceptors (Lipinski definition) is 3. The van der Waals surface area contributed by atoms with Crippen LogP contribution in [0.25, 0.3) is 0 Å². The first-order valence-corrected chi connectivity index (χ1v) is 8.13. The van der Waals surface area contributed by atoms with Gasteiger partial charge in [0.15, 0.2) is 0 Å². The molecule has 150 valence electrons. The zero-order valence-electron chi connectivity index (χ0n) is 14.1. The first kappa shape index (κ1) is 19.9. The summed E-state index contributed by atoms with van der Waals surface area (Å²) in [7, 11) is 0. The lowest BCUT2D eigenvalue weighted by atomic mass is 10.1. The third-order valence-electron chi connectivity index (χ3n) is 4.42. The predicted octanol–water partition coefficient (Wildman–Crippen LogP) is 3.78. The van der Waals surface area contributed by atoms with Gasteiger partial charge in [0.2, 0.25) is 0 Å². The van der Waals surface area contributed by atoms with Gasteiger partial charge in [0.25, 0.3) is 11.5 Å². The number of alkyl halides is 6. The molecule has 1 saturated heterocycles. The third-order valence-corrected chi connectivity index (χ3v) is 4.42. The van der Waals surface area contributed by atoms with Gasteiger partial charge in [0, 0.05) is 12.7 Å². The van der Waals surface area contributed by atoms with Crippen molar-refractivity contribution in [3.63, 3.8) is 0 Å². The van der Waals surface area contributed by atoms with E-state index in [0.29, 0.717) is 24.5 Å². The van der Waals surface area contributed by atoms with E-state index < -0.39 is 46.8 Å². The first-order valence-electron chi connectivity index (χ1n) is 8.13. The molecule has 1 amide bonds. The molecule has 0 aromatic carbocycles. The highest BCUT2D eigenvalue weighted by Gasteiger charge is 2.36. The van der Waals surface area contributed by atoms with E-state index >= 15 is 0 Å². The van der Waals surface area contributed by atoms with Crippen molar-refractivity contribution >= 4 is 5.91 Å². The van der Waals surface area contributed by atoms with Crippen molar-refractivity contribution < 1.29 is 31.1 Å². The van der Waals surface area contributed by atoms with Crippen molar-refractivity contribution in [2.75, 3.05) is 6.54 Å². The number of rotatable bonds is 2. The summed E-state index contributed by atoms with van der Waals surface area (Å²) in [6.07, 6.45) is -7.40. The minimum Gasteiger partial charge on any atom is -0.331 e. The summed E-state index contributed by atoms with van der Waals surface area (Å²) in [5.41, 5.74) is -3.66. The van der Waals surface area contributed by atoms with Gasteiger partial charge in [-0.1, -0.05) is 6.07 Å². The normalized spacial score (nSPS) is 17.8. The van der Waals surface area contributed by atoms with Gasteiger partial charge in [-0.3, -0.25) is 14.6 Å². The van der Waals surface area contributed by atoms with Crippen molar-refractivity contribution in [1.82, 2.24) is 14.9 Å². The minimum absolute atomic E-state index is 0.213. The molecule has 1 atom stereocenters. The number of halogens is 6. The fourth-order valence-electron chi connectivity index (χ4n) is 3.09. The van der Waals surface area contributed by atoms with Crippen LogP contribution in [0, 0.1) is 0 Å². The predicted molar refractivity (Wildman–Crippen MR) is 84.3 cm³/mol. The number of amides is 1. The van der Waals surface area contributed by atoms with Crippen LogP contribution in [0.5, 0.6) is 0 Å². The van der Waals surface area contributed by atoms with E-state index in [1.165, 1.54) is 11.0 Å². The molecule has 0 aliphatic carbocycles. The van der Waals surface area contributed by atoms with E-state index in [1.54, 1.807) is 4.98 Å². The Kier molecular flexibility index (Phi) is 4.94. The Balaban J connectivity index is 1.87. The summed E-state index contributed by atoms with van der Waals surface area (Å²) in [5, 5.41) is 0. The average Bonchev–Trinajstić information content (AvgIpc) is 3.09. The second-order valence-corrected chi connectivity index (χ2v) is 6.24. The van der Waals surface area contributed by atoms with Crippen LogP contribution in [-0.2, 0) is 12.4 Å². The molecule has 11 heteroatoms. The summed E-state index contributed by atoms with van der Waals surface area (Å²) in [6.45, 7) is 0.213. The van der Waals surface area contributed by atoms with Crippen molar-refractivity contribution in [3.8, 4) is 0 Å². The molecule has 1 fully saturated rings. The molecule has 3 heterocycles. The number of aromatic amines is 1. The number of carbonyl (C=O) groups is 1. The number of carbonyl (C=O) groups excluding carboxylic acids is 1. The topological polar surface area (TPSA) is 66.1 Å². The number of likely N-dealkylation sites (tertiary alicyclic amines) is 1. The van der Waals surface area contributed by atoms with Crippen LogP contribution in [0.2, 0.25) is 0 Å². The molecule has 3 rings (SSSR count). The summed E-state index contributed by atoms with van der Waals surface area (Å²) < 4.78 is 75.9. The Hall–Kier alpha value is -2.85. The van der Waals surface area contributed by atoms with Crippen LogP contribution < -0.4 is 5.56 Å². The molecule has 0 spiro atoms. The van der Waals surface area contributed by atoms with Crippen molar-refractivity contribution in [2.45, 2.75) is 31.2 Å². The Morgan fingerprint density at radius 3 is 2.32 bits per heavy atom. The molecule has 2 aromatic heterocycles. The third kappa shape index (κ3) is 3.87. The van der Waals surface area contributed by atoms with Crippen LogP contribution in [0.4, 0.5) is 26.3 Å². The van der Waals surface area contributed by atoms with Gasteiger partial charge in [0.1, 0.15) is 17.0 Å². The summed E-state index contributed by atoms with van der Waals surface area (Å²) in [6, 6.07) is 2.76. The SMILES string of the molecule is O=C(c1ccc(C(F)(F)F)[nH]c1=O)N1CCC[C@@H]1c1ccc(C(F)(F)F)nc1. The second kappa shape index (κ2) is 6.95. The number of aromatic nitrogens is 2. The molecule has 28 heavy (non-hydrogen) atoms. The van der Waals surface area contributed by atoms with E-state index in [0.717, 1.165) is 18.3 Å². The largest absolute Gasteiger partial charge is 0.433 e. The Morgan fingerprint density at radius 1 is 1.07 bits per heavy atom. The maximum Gasteiger partial charge on any atom is 0.433 e. The van der Waals surface area contributed by atoms with Crippen LogP contribution in [-0.4, -0.2) is 27.3 Å². The average molecular weight is 405 g/mol. The second-order valence-electron chi connectivity index (χ2n) is 6.24. The molecular weight excluding hydrogens is 392 g/mol. The zero-order chi connectivity index (χ0) is 20.7. The molecule has 0 saturated carbocycles. The highest BCUT2D eigenvalue weighted by atomic mass is 19.4. The smallest absolute Gasteiger partial charge is 0.331 e. The fraction of sp³-hybridized carbons (Fsp3) is 0.353. The Morgan fingerprint density at radius 2 is 1.79 bits per heavy atom. The highest BCUT2D eigenvalue weighted by Crippen LogP contribution is 2.34. The monoisotopic (exact) mass is 405 g/mol. The minimum atomic E-state index is -4.76. The maximum absolute atomic E-state index is 12.7. The Bertz CT molecular complexity index is 934. The van der Waals surface area contributed by atoms with E-state index in [9.17, 15) is 35.9 Å². The summed E-state index contributed by atoms with van der Waals surface area (Å²) in [5.74, 6) is -0.794. The quantitative estimate of drug-likeness (QED) is 0.774. The van der Waals surface area contributed by atoms with E-state index in [1.807, 2.05) is 0 Å². The van der Waals surface area contributed by atoms with Gasteiger partial charge in [0.05, 0.1) is 6.04 Å². The van der Waals surface area contributed by atoms with E-state index in [4.69, 9.17) is 0 Å². The van der Waals surface area contributed by atoms with Gasteiger partial charge < -0.3 is 9.88 Å². The van der Waals surface area contributed by atoms with E-state index in [-0.39, 0.29) is 6.54 Å². The lowest BCUT2D eigenvalue weighted by molar-refractivity contribution is -0.142. The molecule has 0 unspecified atom stereocenters. The first-order chi connectivity index (χ1) is 13.0. The van der Waals surface area contributed by atoms with Crippen molar-refractivity contribution in [3.05, 3.63) is 63.3 Å². The fourth-order valence-corrected chi connectivity index (χ4v) is 3.09. The van der Waals surface area contributed by atoms with Gasteiger partial charge in [-0.05, 0) is 36.6 Å². The van der Waals surface area contributed by atoms with Crippen molar-refractivity contribution in [1.29, 1.82) is 0 Å². The number of nitrogens with zero attached hydrogens (tertiary/aromatic N) is 2. The number of H-pyrrole nitrogens is 1. The van der Waals surface area contributed by atoms with Crippen molar-refractivity contribution in [2.24, 2.45) is 0 Å². The lowest BCUT2D eigenvalue weighted by Gasteiger charge is -2.25. The Labute approximate surface area is 154 Å². The van der Waals surface area contributed by atoms with Gasteiger partial charge >= 0.3 is 12.4 Å². The summed E-state index contributed by atoms with van der Waals surface area (Å²) >= 11 is 0. The molecule has 0 radical (unpaired) electrons. The molecule has 5 nitrogen and oxygen atoms in total. The molecule has 1 aliphatic rings. The van der Waals surface area contributed by atoms with Crippen LogP contribution in [0.1, 0.15) is 46.2 Å². The standard InChI is InChI=1S/C17H13F6N3O2/c18-16(19,20)12-5-3-9(8-24-12)11-2-1-7-26(11)15(28)10-4-6-13(17(21,22)23)25-14(10)27/h3-6,8,11H,1-2,7H2,(H,25,27)/t11-/m1/s1. The van der Waals surface area contributed by atoms with Crippen LogP contribution >= 0.6 is 0 Å². The van der Waals surface area contributed by atoms with Crippen LogP contribution in [0.15, 0.2) is 35.3 Å². The molecule has 0 bridgehead atoms. The highest BCUT2D eigenvalue weighted by molar-refractivity contribution is 5.94. The molecule has 1 N–H and O–H groups in total. The van der Waals surface area contributed by atoms with Gasteiger partial charge in [-0.25, -0.2) is 0 Å². The number of hydrogen-bond donors (Lipinski definition) is 1. The van der Waals surface area contributed by atoms with E-state index in [2.05, 4.69) is 4.98 Å². The van der Waals surface area contributed by atoms with Gasteiger partial charge in [-0.2, -0.15) is 26.3 Å². The summed E-state index contributed by atoms with van der Waals surface area (Å²) in [4.78, 5) is 30.9. The van der Waals surface area contributed by atoms with Gasteiger partial charge in [-0.15, -0.1) is 0 Å². The molecule has 2 aromatic rings. The zero-order valence-corrected chi connectivity index (χ0v) is 14.1.